The first-order valence-electron chi connectivity index (χ1n) is 5.99. The number of nitrogens with two attached hydrogens (primary N) is 1. The molecule has 2 atom stereocenters. The summed E-state index contributed by atoms with van der Waals surface area (Å²) in [7, 11) is 4.21. The minimum atomic E-state index is 0.0940. The average Bonchev–Trinajstić information content (AvgIpc) is 2.14. The standard InChI is InChI=1S/C12H29N3/c1-7-8-10(2)9-11(14-13)12(3,4)15(5)6/h10-11,14H,7-9,13H2,1-6H3. The largest absolute Gasteiger partial charge is 0.303 e. The minimum absolute atomic E-state index is 0.0940. The zero-order valence-electron chi connectivity index (χ0n) is 11.3. The van der Waals surface area contributed by atoms with E-state index in [1.54, 1.807) is 0 Å². The van der Waals surface area contributed by atoms with Crippen LogP contribution in [0.25, 0.3) is 0 Å². The number of likely N-dealkylation sites (N-methyl/N-ethyl adjacent to an activating group) is 1. The molecule has 0 spiro atoms. The van der Waals surface area contributed by atoms with Crippen LogP contribution in [0.5, 0.6) is 0 Å². The highest BCUT2D eigenvalue weighted by Crippen LogP contribution is 2.23. The van der Waals surface area contributed by atoms with Gasteiger partial charge < -0.3 is 4.90 Å². The van der Waals surface area contributed by atoms with E-state index in [1.165, 1.54) is 12.8 Å². The highest BCUT2D eigenvalue weighted by atomic mass is 15.3. The van der Waals surface area contributed by atoms with Gasteiger partial charge in [-0.25, -0.2) is 0 Å². The normalized spacial score (nSPS) is 16.8. The summed E-state index contributed by atoms with van der Waals surface area (Å²) < 4.78 is 0. The molecule has 0 aromatic heterocycles. The second-order valence-electron chi connectivity index (χ2n) is 5.40. The van der Waals surface area contributed by atoms with Gasteiger partial charge in [-0.05, 0) is 40.3 Å². The Morgan fingerprint density at radius 3 is 2.20 bits per heavy atom. The first-order valence-corrected chi connectivity index (χ1v) is 5.99. The van der Waals surface area contributed by atoms with Crippen LogP contribution in [0.15, 0.2) is 0 Å². The smallest absolute Gasteiger partial charge is 0.0391 e. The summed E-state index contributed by atoms with van der Waals surface area (Å²) in [5.74, 6) is 6.40. The molecular weight excluding hydrogens is 186 g/mol. The highest BCUT2D eigenvalue weighted by molar-refractivity contribution is 4.90. The van der Waals surface area contributed by atoms with Crippen molar-refractivity contribution in [3.63, 3.8) is 0 Å². The Hall–Kier alpha value is -0.120. The fourth-order valence-electron chi connectivity index (χ4n) is 1.89. The molecule has 3 nitrogen and oxygen atoms in total. The van der Waals surface area contributed by atoms with Gasteiger partial charge in [-0.3, -0.25) is 11.3 Å². The van der Waals surface area contributed by atoms with E-state index in [0.29, 0.717) is 6.04 Å². The fourth-order valence-corrected chi connectivity index (χ4v) is 1.89. The highest BCUT2D eigenvalue weighted by Gasteiger charge is 2.31. The summed E-state index contributed by atoms with van der Waals surface area (Å²) >= 11 is 0. The van der Waals surface area contributed by atoms with Crippen LogP contribution in [0, 0.1) is 5.92 Å². The van der Waals surface area contributed by atoms with Crippen LogP contribution in [0.4, 0.5) is 0 Å². The molecule has 0 aromatic rings. The molecule has 0 aromatic carbocycles. The van der Waals surface area contributed by atoms with Crippen molar-refractivity contribution in [2.24, 2.45) is 11.8 Å². The van der Waals surface area contributed by atoms with E-state index in [9.17, 15) is 0 Å². The molecule has 0 amide bonds. The van der Waals surface area contributed by atoms with E-state index >= 15 is 0 Å². The van der Waals surface area contributed by atoms with Gasteiger partial charge in [0.2, 0.25) is 0 Å². The molecule has 3 heteroatoms. The molecule has 0 aliphatic rings. The summed E-state index contributed by atoms with van der Waals surface area (Å²) in [6, 6.07) is 0.342. The maximum atomic E-state index is 5.66. The lowest BCUT2D eigenvalue weighted by Gasteiger charge is -2.40. The molecule has 0 rings (SSSR count). The molecule has 0 saturated heterocycles. The average molecular weight is 215 g/mol. The number of nitrogens with zero attached hydrogens (tertiary/aromatic N) is 1. The van der Waals surface area contributed by atoms with Gasteiger partial charge in [-0.1, -0.05) is 26.7 Å². The Labute approximate surface area is 95.4 Å². The lowest BCUT2D eigenvalue weighted by molar-refractivity contribution is 0.122. The molecule has 0 aliphatic carbocycles. The number of hydrogen-bond acceptors (Lipinski definition) is 3. The molecule has 3 N–H and O–H groups in total. The number of nitrogens with one attached hydrogen (secondary N) is 1. The van der Waals surface area contributed by atoms with Gasteiger partial charge in [0, 0.05) is 11.6 Å². The van der Waals surface area contributed by atoms with Gasteiger partial charge in [-0.2, -0.15) is 0 Å². The van der Waals surface area contributed by atoms with Crippen LogP contribution in [-0.2, 0) is 0 Å². The van der Waals surface area contributed by atoms with Crippen molar-refractivity contribution < 1.29 is 0 Å². The third-order valence-electron chi connectivity index (χ3n) is 3.63. The van der Waals surface area contributed by atoms with Crippen molar-refractivity contribution in [3.05, 3.63) is 0 Å². The van der Waals surface area contributed by atoms with Crippen LogP contribution in [-0.4, -0.2) is 30.6 Å². The van der Waals surface area contributed by atoms with Gasteiger partial charge in [0.15, 0.2) is 0 Å². The maximum absolute atomic E-state index is 5.66. The van der Waals surface area contributed by atoms with Gasteiger partial charge in [-0.15, -0.1) is 0 Å². The summed E-state index contributed by atoms with van der Waals surface area (Å²) in [4.78, 5) is 2.23. The van der Waals surface area contributed by atoms with E-state index in [1.807, 2.05) is 0 Å². The summed E-state index contributed by atoms with van der Waals surface area (Å²) in [5.41, 5.74) is 3.07. The van der Waals surface area contributed by atoms with Crippen molar-refractivity contribution in [1.29, 1.82) is 0 Å². The Bertz CT molecular complexity index is 166. The van der Waals surface area contributed by atoms with Gasteiger partial charge in [0.25, 0.3) is 0 Å². The van der Waals surface area contributed by atoms with Crippen LogP contribution >= 0.6 is 0 Å². The van der Waals surface area contributed by atoms with Crippen molar-refractivity contribution in [2.75, 3.05) is 14.1 Å². The molecule has 0 aliphatic heterocycles. The first-order chi connectivity index (χ1) is 6.86. The first kappa shape index (κ1) is 14.9. The molecule has 15 heavy (non-hydrogen) atoms. The zero-order chi connectivity index (χ0) is 12.1. The number of hydrazine groups is 1. The van der Waals surface area contributed by atoms with Crippen LogP contribution < -0.4 is 11.3 Å². The third-order valence-corrected chi connectivity index (χ3v) is 3.63. The van der Waals surface area contributed by atoms with E-state index in [0.717, 1.165) is 12.3 Å². The Morgan fingerprint density at radius 1 is 1.33 bits per heavy atom. The topological polar surface area (TPSA) is 41.3 Å². The van der Waals surface area contributed by atoms with Crippen molar-refractivity contribution in [3.8, 4) is 0 Å². The van der Waals surface area contributed by atoms with Gasteiger partial charge >= 0.3 is 0 Å². The molecule has 0 saturated carbocycles. The lowest BCUT2D eigenvalue weighted by Crippen LogP contribution is -2.57. The second-order valence-corrected chi connectivity index (χ2v) is 5.40. The van der Waals surface area contributed by atoms with Gasteiger partial charge in [0.05, 0.1) is 0 Å². The SMILES string of the molecule is CCCC(C)CC(NN)C(C)(C)N(C)C. The zero-order valence-corrected chi connectivity index (χ0v) is 11.3. The molecular formula is C12H29N3. The van der Waals surface area contributed by atoms with E-state index < -0.39 is 0 Å². The monoisotopic (exact) mass is 215 g/mol. The van der Waals surface area contributed by atoms with Crippen molar-refractivity contribution in [1.82, 2.24) is 10.3 Å². The molecule has 0 heterocycles. The van der Waals surface area contributed by atoms with E-state index in [2.05, 4.69) is 52.1 Å². The van der Waals surface area contributed by atoms with Gasteiger partial charge in [0.1, 0.15) is 0 Å². The maximum Gasteiger partial charge on any atom is 0.0391 e. The number of rotatable bonds is 7. The molecule has 0 bridgehead atoms. The molecule has 0 radical (unpaired) electrons. The van der Waals surface area contributed by atoms with Crippen LogP contribution in [0.3, 0.4) is 0 Å². The predicted octanol–water partition coefficient (Wildman–Crippen LogP) is 1.98. The fraction of sp³-hybridized carbons (Fsp3) is 1.00. The Kier molecular flexibility index (Phi) is 6.41. The summed E-state index contributed by atoms with van der Waals surface area (Å²) in [5, 5.41) is 0. The van der Waals surface area contributed by atoms with E-state index in [4.69, 9.17) is 5.84 Å². The third kappa shape index (κ3) is 4.49. The molecule has 0 fully saturated rings. The second kappa shape index (κ2) is 6.46. The summed E-state index contributed by atoms with van der Waals surface area (Å²) in [6.07, 6.45) is 3.66. The van der Waals surface area contributed by atoms with Crippen LogP contribution in [0.1, 0.15) is 47.0 Å². The van der Waals surface area contributed by atoms with Crippen molar-refractivity contribution >= 4 is 0 Å². The Morgan fingerprint density at radius 2 is 1.87 bits per heavy atom. The Balaban J connectivity index is 4.35. The van der Waals surface area contributed by atoms with Crippen LogP contribution in [0.2, 0.25) is 0 Å². The quantitative estimate of drug-likeness (QED) is 0.504. The molecule has 92 valence electrons. The lowest BCUT2D eigenvalue weighted by atomic mass is 9.85. The van der Waals surface area contributed by atoms with E-state index in [-0.39, 0.29) is 5.54 Å². The summed E-state index contributed by atoms with van der Waals surface area (Å²) in [6.45, 7) is 9.00. The minimum Gasteiger partial charge on any atom is -0.303 e. The van der Waals surface area contributed by atoms with Crippen molar-refractivity contribution in [2.45, 2.75) is 58.5 Å². The predicted molar refractivity (Wildman–Crippen MR) is 67.6 cm³/mol. The number of hydrogen-bond donors (Lipinski definition) is 2. The molecule has 2 unspecified atom stereocenters.